The minimum Gasteiger partial charge on any atom is -0.481 e. The van der Waals surface area contributed by atoms with Gasteiger partial charge in [-0.15, -0.1) is 0 Å². The number of aliphatic carboxylic acids is 1. The lowest BCUT2D eigenvalue weighted by Crippen LogP contribution is -2.33. The molecule has 1 N–H and O–H groups in total. The van der Waals surface area contributed by atoms with Gasteiger partial charge in [0.1, 0.15) is 0 Å². The molecule has 1 saturated carbocycles. The van der Waals surface area contributed by atoms with Crippen LogP contribution in [0.25, 0.3) is 0 Å². The molecule has 0 aromatic carbocycles. The number of hydrogen-bond donors (Lipinski definition) is 1. The van der Waals surface area contributed by atoms with Gasteiger partial charge in [0.25, 0.3) is 0 Å². The normalized spacial score (nSPS) is 32.4. The van der Waals surface area contributed by atoms with Crippen molar-refractivity contribution in [1.82, 2.24) is 0 Å². The fraction of sp³-hybridized carbons (Fsp3) is 0.846. The molecule has 0 spiro atoms. The molecule has 0 bridgehead atoms. The molecule has 17 heavy (non-hydrogen) atoms. The van der Waals surface area contributed by atoms with Gasteiger partial charge in [0.15, 0.2) is 0 Å². The Morgan fingerprint density at radius 2 is 1.65 bits per heavy atom. The van der Waals surface area contributed by atoms with Gasteiger partial charge in [-0.3, -0.25) is 9.59 Å². The molecule has 4 heteroatoms. The summed E-state index contributed by atoms with van der Waals surface area (Å²) >= 11 is 0. The minimum absolute atomic E-state index is 0.104. The van der Waals surface area contributed by atoms with Gasteiger partial charge in [-0.1, -0.05) is 26.7 Å². The van der Waals surface area contributed by atoms with Gasteiger partial charge >= 0.3 is 11.9 Å². The van der Waals surface area contributed by atoms with Crippen molar-refractivity contribution >= 4 is 11.9 Å². The highest BCUT2D eigenvalue weighted by Gasteiger charge is 2.49. The van der Waals surface area contributed by atoms with E-state index in [1.807, 2.05) is 13.8 Å². The molecule has 98 valence electrons. The van der Waals surface area contributed by atoms with Crippen molar-refractivity contribution in [1.29, 1.82) is 0 Å². The first-order chi connectivity index (χ1) is 8.06. The van der Waals surface area contributed by atoms with Crippen LogP contribution in [0.4, 0.5) is 0 Å². The third-order valence-electron chi connectivity index (χ3n) is 3.90. The van der Waals surface area contributed by atoms with Gasteiger partial charge < -0.3 is 9.84 Å². The highest BCUT2D eigenvalue weighted by molar-refractivity contribution is 5.82. The maximum absolute atomic E-state index is 11.9. The molecule has 4 nitrogen and oxygen atoms in total. The van der Waals surface area contributed by atoms with Gasteiger partial charge in [-0.2, -0.15) is 0 Å². The van der Waals surface area contributed by atoms with E-state index in [-0.39, 0.29) is 17.8 Å². The monoisotopic (exact) mass is 242 g/mol. The second-order valence-corrected chi connectivity index (χ2v) is 4.71. The summed E-state index contributed by atoms with van der Waals surface area (Å²) < 4.78 is 5.03. The largest absolute Gasteiger partial charge is 0.481 e. The Morgan fingerprint density at radius 1 is 1.12 bits per heavy atom. The number of ether oxygens (including phenoxy) is 1. The van der Waals surface area contributed by atoms with E-state index < -0.39 is 17.8 Å². The van der Waals surface area contributed by atoms with Gasteiger partial charge in [-0.25, -0.2) is 0 Å². The van der Waals surface area contributed by atoms with Crippen LogP contribution in [0.2, 0.25) is 0 Å². The number of carboxylic acids is 1. The summed E-state index contributed by atoms with van der Waals surface area (Å²) in [6, 6.07) is 0. The number of carbonyl (C=O) groups is 2. The Bertz CT molecular complexity index is 287. The molecule has 0 radical (unpaired) electrons. The van der Waals surface area contributed by atoms with Gasteiger partial charge in [0, 0.05) is 0 Å². The van der Waals surface area contributed by atoms with Crippen molar-refractivity contribution in [3.63, 3.8) is 0 Å². The fourth-order valence-electron chi connectivity index (χ4n) is 3.04. The Labute approximate surface area is 102 Å². The summed E-state index contributed by atoms with van der Waals surface area (Å²) in [5.74, 6) is -1.95. The van der Waals surface area contributed by atoms with E-state index in [0.29, 0.717) is 6.61 Å². The van der Waals surface area contributed by atoms with Crippen molar-refractivity contribution in [3.8, 4) is 0 Å². The molecule has 0 amide bonds. The zero-order chi connectivity index (χ0) is 13.0. The lowest BCUT2D eigenvalue weighted by molar-refractivity contribution is -0.158. The van der Waals surface area contributed by atoms with Crippen molar-refractivity contribution in [2.45, 2.75) is 40.0 Å². The van der Waals surface area contributed by atoms with E-state index in [9.17, 15) is 14.7 Å². The molecular formula is C13H22O4. The topological polar surface area (TPSA) is 63.6 Å². The quantitative estimate of drug-likeness (QED) is 0.751. The molecule has 1 rings (SSSR count). The van der Waals surface area contributed by atoms with E-state index >= 15 is 0 Å². The van der Waals surface area contributed by atoms with E-state index in [4.69, 9.17) is 4.74 Å². The predicted molar refractivity (Wildman–Crippen MR) is 63.4 cm³/mol. The minimum atomic E-state index is -0.856. The summed E-state index contributed by atoms with van der Waals surface area (Å²) in [4.78, 5) is 23.2. The van der Waals surface area contributed by atoms with E-state index in [1.54, 1.807) is 6.92 Å². The second kappa shape index (κ2) is 6.03. The second-order valence-electron chi connectivity index (χ2n) is 4.71. The van der Waals surface area contributed by atoms with Crippen LogP contribution in [0.15, 0.2) is 0 Å². The van der Waals surface area contributed by atoms with E-state index in [2.05, 4.69) is 0 Å². The predicted octanol–water partition coefficient (Wildman–Crippen LogP) is 2.32. The number of carboxylic acid groups (broad SMARTS) is 1. The molecule has 1 aliphatic rings. The third kappa shape index (κ3) is 2.79. The molecule has 4 unspecified atom stereocenters. The standard InChI is InChI=1S/C13H22O4/c1-4-8-7-9(5-2)11(10(8)12(14)15)13(16)17-6-3/h8-11H,4-7H2,1-3H3,(H,14,15). The Morgan fingerprint density at radius 3 is 2.06 bits per heavy atom. The van der Waals surface area contributed by atoms with Crippen molar-refractivity contribution in [2.24, 2.45) is 23.7 Å². The molecule has 0 aliphatic heterocycles. The zero-order valence-electron chi connectivity index (χ0n) is 10.8. The number of esters is 1. The number of rotatable bonds is 5. The number of hydrogen-bond acceptors (Lipinski definition) is 3. The molecule has 0 saturated heterocycles. The lowest BCUT2D eigenvalue weighted by Gasteiger charge is -2.21. The number of carbonyl (C=O) groups excluding carboxylic acids is 1. The summed E-state index contributed by atoms with van der Waals surface area (Å²) in [5, 5.41) is 9.31. The summed E-state index contributed by atoms with van der Waals surface area (Å²) in [6.07, 6.45) is 2.47. The molecule has 1 fully saturated rings. The first kappa shape index (κ1) is 14.0. The summed E-state index contributed by atoms with van der Waals surface area (Å²) in [5.41, 5.74) is 0. The highest BCUT2D eigenvalue weighted by atomic mass is 16.5. The Balaban J connectivity index is 2.93. The molecule has 1 aliphatic carbocycles. The van der Waals surface area contributed by atoms with Crippen LogP contribution in [-0.4, -0.2) is 23.7 Å². The average molecular weight is 242 g/mol. The first-order valence-corrected chi connectivity index (χ1v) is 6.46. The summed E-state index contributed by atoms with van der Waals surface area (Å²) in [7, 11) is 0. The van der Waals surface area contributed by atoms with Crippen LogP contribution in [-0.2, 0) is 14.3 Å². The smallest absolute Gasteiger partial charge is 0.310 e. The van der Waals surface area contributed by atoms with Crippen molar-refractivity contribution in [3.05, 3.63) is 0 Å². The van der Waals surface area contributed by atoms with Gasteiger partial charge in [0.05, 0.1) is 18.4 Å². The van der Waals surface area contributed by atoms with E-state index in [0.717, 1.165) is 19.3 Å². The third-order valence-corrected chi connectivity index (χ3v) is 3.90. The lowest BCUT2D eigenvalue weighted by atomic mass is 9.85. The van der Waals surface area contributed by atoms with Gasteiger partial charge in [-0.05, 0) is 25.2 Å². The van der Waals surface area contributed by atoms with Crippen LogP contribution in [0.3, 0.4) is 0 Å². The highest BCUT2D eigenvalue weighted by Crippen LogP contribution is 2.45. The molecule has 0 heterocycles. The Kier molecular flexibility index (Phi) is 4.97. The molecule has 0 aromatic heterocycles. The summed E-state index contributed by atoms with van der Waals surface area (Å²) in [6.45, 7) is 6.06. The average Bonchev–Trinajstić information content (AvgIpc) is 2.67. The van der Waals surface area contributed by atoms with Crippen LogP contribution >= 0.6 is 0 Å². The maximum atomic E-state index is 11.9. The Hall–Kier alpha value is -1.06. The van der Waals surface area contributed by atoms with Crippen molar-refractivity contribution in [2.75, 3.05) is 6.61 Å². The fourth-order valence-corrected chi connectivity index (χ4v) is 3.04. The van der Waals surface area contributed by atoms with E-state index in [1.165, 1.54) is 0 Å². The zero-order valence-corrected chi connectivity index (χ0v) is 10.8. The molecular weight excluding hydrogens is 220 g/mol. The van der Waals surface area contributed by atoms with Crippen molar-refractivity contribution < 1.29 is 19.4 Å². The van der Waals surface area contributed by atoms with Crippen LogP contribution < -0.4 is 0 Å². The maximum Gasteiger partial charge on any atom is 0.310 e. The van der Waals surface area contributed by atoms with Crippen LogP contribution in [0.5, 0.6) is 0 Å². The molecule has 0 aromatic rings. The molecule has 4 atom stereocenters. The first-order valence-electron chi connectivity index (χ1n) is 6.46. The SMILES string of the molecule is CCOC(=O)C1C(CC)CC(CC)C1C(=O)O. The van der Waals surface area contributed by atoms with Gasteiger partial charge in [0.2, 0.25) is 0 Å². The van der Waals surface area contributed by atoms with Crippen LogP contribution in [0.1, 0.15) is 40.0 Å². The van der Waals surface area contributed by atoms with Crippen LogP contribution in [0, 0.1) is 23.7 Å².